The van der Waals surface area contributed by atoms with Gasteiger partial charge in [0.15, 0.2) is 0 Å². The highest BCUT2D eigenvalue weighted by molar-refractivity contribution is 7.98. The van der Waals surface area contributed by atoms with Crippen molar-refractivity contribution in [3.05, 3.63) is 90.5 Å². The molecule has 2 amide bonds. The molecule has 3 aromatic rings. The molecule has 2 atom stereocenters. The van der Waals surface area contributed by atoms with Crippen LogP contribution < -0.4 is 21.1 Å². The van der Waals surface area contributed by atoms with E-state index in [4.69, 9.17) is 20.3 Å². The van der Waals surface area contributed by atoms with Crippen LogP contribution in [-0.4, -0.2) is 36.6 Å². The van der Waals surface area contributed by atoms with Crippen LogP contribution in [0.5, 0.6) is 5.75 Å². The molecular weight excluding hydrogens is 514 g/mol. The lowest BCUT2D eigenvalue weighted by Crippen LogP contribution is -2.22. The van der Waals surface area contributed by atoms with Gasteiger partial charge in [-0.2, -0.15) is 0 Å². The van der Waals surface area contributed by atoms with Crippen molar-refractivity contribution in [3.63, 3.8) is 0 Å². The maximum Gasteiger partial charge on any atom is 0.412 e. The molecule has 0 unspecified atom stereocenters. The van der Waals surface area contributed by atoms with E-state index in [0.29, 0.717) is 35.7 Å². The fourth-order valence-electron chi connectivity index (χ4n) is 3.85. The fourth-order valence-corrected chi connectivity index (χ4v) is 4.26. The molecule has 0 heterocycles. The van der Waals surface area contributed by atoms with Crippen molar-refractivity contribution in [3.8, 4) is 5.75 Å². The molecule has 0 saturated carbocycles. The molecule has 206 valence electrons. The second-order valence-corrected chi connectivity index (χ2v) is 9.73. The Morgan fingerprint density at radius 3 is 2.41 bits per heavy atom. The number of carbonyl (C=O) groups is 2. The zero-order valence-corrected chi connectivity index (χ0v) is 22.9. The Balaban J connectivity index is 1.63. The average Bonchev–Trinajstić information content (AvgIpc) is 2.95. The molecule has 0 aliphatic rings. The van der Waals surface area contributed by atoms with Gasteiger partial charge in [0.05, 0.1) is 18.0 Å². The molecule has 0 spiro atoms. The van der Waals surface area contributed by atoms with Gasteiger partial charge >= 0.3 is 6.09 Å². The van der Waals surface area contributed by atoms with Crippen LogP contribution in [0, 0.1) is 5.92 Å². The lowest BCUT2D eigenvalue weighted by Gasteiger charge is -2.25. The molecular formula is C30H35N3O5S. The van der Waals surface area contributed by atoms with E-state index >= 15 is 0 Å². The predicted molar refractivity (Wildman–Crippen MR) is 157 cm³/mol. The highest BCUT2D eigenvalue weighted by atomic mass is 32.2. The first-order chi connectivity index (χ1) is 18.9. The van der Waals surface area contributed by atoms with Crippen molar-refractivity contribution in [2.45, 2.75) is 30.8 Å². The number of nitrogen functional groups attached to an aromatic ring is 1. The first-order valence-corrected chi connectivity index (χ1v) is 13.9. The minimum absolute atomic E-state index is 0.0590. The summed E-state index contributed by atoms with van der Waals surface area (Å²) in [6.07, 6.45) is 5.44. The summed E-state index contributed by atoms with van der Waals surface area (Å²) < 4.78 is 11.4. The number of nitrogens with two attached hydrogens (primary N) is 1. The molecule has 3 rings (SSSR count). The number of rotatable bonds is 13. The zero-order chi connectivity index (χ0) is 28.0. The lowest BCUT2D eigenvalue weighted by atomic mass is 9.93. The molecule has 0 aliphatic carbocycles. The number of para-hydroxylation sites is 2. The summed E-state index contributed by atoms with van der Waals surface area (Å²) in [5.74, 6) is 0.292. The van der Waals surface area contributed by atoms with Crippen molar-refractivity contribution >= 4 is 40.8 Å². The summed E-state index contributed by atoms with van der Waals surface area (Å²) >= 11 is 1.62. The quantitative estimate of drug-likeness (QED) is 0.113. The molecule has 3 aromatic carbocycles. The molecule has 9 heteroatoms. The minimum Gasteiger partial charge on any atom is -0.491 e. The zero-order valence-electron chi connectivity index (χ0n) is 22.1. The van der Waals surface area contributed by atoms with Gasteiger partial charge in [-0.3, -0.25) is 10.1 Å². The van der Waals surface area contributed by atoms with Crippen molar-refractivity contribution < 1.29 is 24.2 Å². The van der Waals surface area contributed by atoms with Crippen molar-refractivity contribution in [1.29, 1.82) is 0 Å². The fraction of sp³-hybridized carbons (Fsp3) is 0.267. The largest absolute Gasteiger partial charge is 0.491 e. The van der Waals surface area contributed by atoms with Crippen LogP contribution in [0.4, 0.5) is 21.9 Å². The van der Waals surface area contributed by atoms with E-state index in [1.807, 2.05) is 49.6 Å². The standard InChI is InChI=1S/C30H35N3O5S/c1-21(7-3-6-10-28(35)33-27-9-5-4-8-26(27)31)29(22-11-15-24(16-12-22)37-20-19-34)38-30(36)32-23-13-17-25(39-2)18-14-23/h4-6,8-18,21,29,34H,3,7,19-20,31H2,1-2H3,(H,32,36)(H,33,35)/b10-6+/t21-,29+/m1/s1. The highest BCUT2D eigenvalue weighted by Gasteiger charge is 2.24. The van der Waals surface area contributed by atoms with Gasteiger partial charge in [-0.1, -0.05) is 37.3 Å². The van der Waals surface area contributed by atoms with E-state index in [0.717, 1.165) is 10.5 Å². The Hall–Kier alpha value is -3.95. The molecule has 0 saturated heterocycles. The third-order valence-electron chi connectivity index (χ3n) is 5.93. The van der Waals surface area contributed by atoms with Gasteiger partial charge in [0, 0.05) is 10.6 Å². The Morgan fingerprint density at radius 1 is 1.03 bits per heavy atom. The third-order valence-corrected chi connectivity index (χ3v) is 6.68. The maximum absolute atomic E-state index is 12.8. The smallest absolute Gasteiger partial charge is 0.412 e. The van der Waals surface area contributed by atoms with Gasteiger partial charge in [-0.05, 0) is 85.2 Å². The van der Waals surface area contributed by atoms with Gasteiger partial charge < -0.3 is 25.6 Å². The van der Waals surface area contributed by atoms with Crippen molar-refractivity contribution in [2.75, 3.05) is 35.8 Å². The van der Waals surface area contributed by atoms with Crippen LogP contribution in [0.2, 0.25) is 0 Å². The number of thioether (sulfide) groups is 1. The second-order valence-electron chi connectivity index (χ2n) is 8.85. The van der Waals surface area contributed by atoms with E-state index in [9.17, 15) is 9.59 Å². The van der Waals surface area contributed by atoms with Crippen LogP contribution in [0.3, 0.4) is 0 Å². The van der Waals surface area contributed by atoms with Crippen molar-refractivity contribution in [2.24, 2.45) is 5.92 Å². The first-order valence-electron chi connectivity index (χ1n) is 12.7. The molecule has 0 bridgehead atoms. The molecule has 8 nitrogen and oxygen atoms in total. The third kappa shape index (κ3) is 9.70. The SMILES string of the molecule is CSc1ccc(NC(=O)O[C@H](c2ccc(OCCO)cc2)[C@H](C)CC/C=C/C(=O)Nc2ccccc2N)cc1. The summed E-state index contributed by atoms with van der Waals surface area (Å²) in [6, 6.07) is 21.9. The van der Waals surface area contributed by atoms with E-state index < -0.39 is 12.2 Å². The number of aliphatic hydroxyl groups is 1. The number of amides is 2. The molecule has 0 radical (unpaired) electrons. The summed E-state index contributed by atoms with van der Waals surface area (Å²) in [6.45, 7) is 2.12. The molecule has 0 fully saturated rings. The Kier molecular flexibility index (Phi) is 11.7. The summed E-state index contributed by atoms with van der Waals surface area (Å²) in [4.78, 5) is 26.2. The molecule has 0 aliphatic heterocycles. The first kappa shape index (κ1) is 29.6. The van der Waals surface area contributed by atoms with E-state index in [1.165, 1.54) is 6.08 Å². The number of hydrogen-bond acceptors (Lipinski definition) is 7. The van der Waals surface area contributed by atoms with Crippen LogP contribution in [0.15, 0.2) is 89.8 Å². The molecule has 0 aromatic heterocycles. The number of carbonyl (C=O) groups excluding carboxylic acids is 2. The number of allylic oxidation sites excluding steroid dienone is 1. The van der Waals surface area contributed by atoms with Gasteiger partial charge in [0.1, 0.15) is 18.5 Å². The Labute approximate surface area is 233 Å². The molecule has 39 heavy (non-hydrogen) atoms. The van der Waals surface area contributed by atoms with E-state index in [1.54, 1.807) is 54.2 Å². The summed E-state index contributed by atoms with van der Waals surface area (Å²) in [5.41, 5.74) is 8.40. The number of benzene rings is 3. The highest BCUT2D eigenvalue weighted by Crippen LogP contribution is 2.31. The number of ether oxygens (including phenoxy) is 2. The average molecular weight is 550 g/mol. The lowest BCUT2D eigenvalue weighted by molar-refractivity contribution is -0.111. The van der Waals surface area contributed by atoms with Crippen LogP contribution in [0.25, 0.3) is 0 Å². The van der Waals surface area contributed by atoms with Crippen LogP contribution >= 0.6 is 11.8 Å². The summed E-state index contributed by atoms with van der Waals surface area (Å²) in [5, 5.41) is 14.6. The van der Waals surface area contributed by atoms with Crippen molar-refractivity contribution in [1.82, 2.24) is 0 Å². The Morgan fingerprint density at radius 2 is 1.74 bits per heavy atom. The van der Waals surface area contributed by atoms with Gasteiger partial charge in [-0.25, -0.2) is 4.79 Å². The number of anilines is 3. The topological polar surface area (TPSA) is 123 Å². The second kappa shape index (κ2) is 15.5. The maximum atomic E-state index is 12.8. The Bertz CT molecular complexity index is 1230. The molecule has 5 N–H and O–H groups in total. The van der Waals surface area contributed by atoms with E-state index in [-0.39, 0.29) is 25.0 Å². The van der Waals surface area contributed by atoms with Gasteiger partial charge in [0.25, 0.3) is 0 Å². The monoisotopic (exact) mass is 549 g/mol. The van der Waals surface area contributed by atoms with Gasteiger partial charge in [-0.15, -0.1) is 11.8 Å². The number of nitrogens with one attached hydrogen (secondary N) is 2. The normalized spacial score (nSPS) is 12.5. The van der Waals surface area contributed by atoms with Crippen LogP contribution in [0.1, 0.15) is 31.4 Å². The minimum atomic E-state index is -0.556. The van der Waals surface area contributed by atoms with E-state index in [2.05, 4.69) is 10.6 Å². The van der Waals surface area contributed by atoms with Crippen LogP contribution in [-0.2, 0) is 9.53 Å². The van der Waals surface area contributed by atoms with Gasteiger partial charge in [0.2, 0.25) is 5.91 Å². The number of aliphatic hydroxyl groups excluding tert-OH is 1. The summed E-state index contributed by atoms with van der Waals surface area (Å²) in [7, 11) is 0. The predicted octanol–water partition coefficient (Wildman–Crippen LogP) is 6.26. The number of hydrogen-bond donors (Lipinski definition) is 4.